The van der Waals surface area contributed by atoms with Crippen LogP contribution in [0.25, 0.3) is 0 Å². The molecule has 18 heavy (non-hydrogen) atoms. The summed E-state index contributed by atoms with van der Waals surface area (Å²) in [6.45, 7) is 4.06. The minimum absolute atomic E-state index is 0.264. The van der Waals surface area contributed by atoms with Crippen LogP contribution in [0.2, 0.25) is 0 Å². The zero-order chi connectivity index (χ0) is 13.1. The third-order valence-electron chi connectivity index (χ3n) is 3.23. The lowest BCUT2D eigenvalue weighted by atomic mass is 9.98. The lowest BCUT2D eigenvalue weighted by Gasteiger charge is -2.13. The Morgan fingerprint density at radius 1 is 1.06 bits per heavy atom. The molecule has 0 saturated heterocycles. The molecule has 2 rings (SSSR count). The Bertz CT molecular complexity index is 549. The van der Waals surface area contributed by atoms with Crippen molar-refractivity contribution in [2.75, 3.05) is 0 Å². The second-order valence-electron chi connectivity index (χ2n) is 4.69. The van der Waals surface area contributed by atoms with Crippen molar-refractivity contribution >= 4 is 0 Å². The van der Waals surface area contributed by atoms with Crippen molar-refractivity contribution in [3.05, 3.63) is 70.5 Å². The van der Waals surface area contributed by atoms with Gasteiger partial charge in [-0.3, -0.25) is 0 Å². The molecule has 0 aromatic heterocycles. The highest BCUT2D eigenvalue weighted by Crippen LogP contribution is 2.21. The molecule has 0 aliphatic carbocycles. The number of rotatable bonds is 3. The molecule has 0 bridgehead atoms. The number of aliphatic hydroxyl groups is 1. The minimum atomic E-state index is -0.592. The zero-order valence-corrected chi connectivity index (χ0v) is 10.7. The predicted octanol–water partition coefficient (Wildman–Crippen LogP) is 3.72. The lowest BCUT2D eigenvalue weighted by molar-refractivity contribution is 0.178. The van der Waals surface area contributed by atoms with Crippen LogP contribution in [-0.4, -0.2) is 5.11 Å². The van der Waals surface area contributed by atoms with Gasteiger partial charge in [-0.2, -0.15) is 0 Å². The van der Waals surface area contributed by atoms with Crippen LogP contribution in [0.3, 0.4) is 0 Å². The highest BCUT2D eigenvalue weighted by molar-refractivity contribution is 5.32. The first kappa shape index (κ1) is 12.8. The molecule has 2 aromatic carbocycles. The van der Waals surface area contributed by atoms with Gasteiger partial charge in [0.1, 0.15) is 5.82 Å². The van der Waals surface area contributed by atoms with E-state index in [1.807, 2.05) is 38.1 Å². The molecule has 0 radical (unpaired) electrons. The summed E-state index contributed by atoms with van der Waals surface area (Å²) in [5, 5.41) is 10.2. The van der Waals surface area contributed by atoms with E-state index in [0.29, 0.717) is 6.42 Å². The molecule has 0 amide bonds. The van der Waals surface area contributed by atoms with Gasteiger partial charge in [-0.25, -0.2) is 4.39 Å². The third-order valence-corrected chi connectivity index (χ3v) is 3.23. The molecule has 1 atom stereocenters. The van der Waals surface area contributed by atoms with Gasteiger partial charge >= 0.3 is 0 Å². The largest absolute Gasteiger partial charge is 0.388 e. The third kappa shape index (κ3) is 2.96. The number of hydrogen-bond donors (Lipinski definition) is 1. The maximum absolute atomic E-state index is 13.1. The van der Waals surface area contributed by atoms with Crippen LogP contribution >= 0.6 is 0 Å². The summed E-state index contributed by atoms with van der Waals surface area (Å²) in [6.07, 6.45) is -0.161. The normalized spacial score (nSPS) is 12.4. The first-order valence-corrected chi connectivity index (χ1v) is 6.06. The summed E-state index contributed by atoms with van der Waals surface area (Å²) in [5.41, 5.74) is 4.05. The predicted molar refractivity (Wildman–Crippen MR) is 71.0 cm³/mol. The Morgan fingerprint density at radius 2 is 1.83 bits per heavy atom. The smallest absolute Gasteiger partial charge is 0.123 e. The molecule has 0 fully saturated rings. The number of halogens is 1. The average Bonchev–Trinajstić information content (AvgIpc) is 2.32. The van der Waals surface area contributed by atoms with Gasteiger partial charge in [0.05, 0.1) is 6.10 Å². The van der Waals surface area contributed by atoms with Gasteiger partial charge < -0.3 is 5.11 Å². The average molecular weight is 244 g/mol. The van der Waals surface area contributed by atoms with E-state index in [9.17, 15) is 9.50 Å². The Labute approximate surface area is 107 Å². The van der Waals surface area contributed by atoms with Crippen molar-refractivity contribution in [1.82, 2.24) is 0 Å². The quantitative estimate of drug-likeness (QED) is 0.872. The van der Waals surface area contributed by atoms with Crippen molar-refractivity contribution < 1.29 is 9.50 Å². The molecule has 0 saturated carbocycles. The summed E-state index contributed by atoms with van der Waals surface area (Å²) in [4.78, 5) is 0. The van der Waals surface area contributed by atoms with Crippen molar-refractivity contribution in [3.63, 3.8) is 0 Å². The summed E-state index contributed by atoms with van der Waals surface area (Å²) in [6, 6.07) is 12.3. The number of hydrogen-bond acceptors (Lipinski definition) is 1. The number of benzene rings is 2. The molecule has 2 heteroatoms. The molecule has 94 valence electrons. The fourth-order valence-electron chi connectivity index (χ4n) is 1.98. The van der Waals surface area contributed by atoms with E-state index in [2.05, 4.69) is 0 Å². The van der Waals surface area contributed by atoms with Crippen molar-refractivity contribution in [2.24, 2.45) is 0 Å². The maximum atomic E-state index is 13.1. The SMILES string of the molecule is Cc1ccc(C(O)Cc2cccc(F)c2)cc1C. The van der Waals surface area contributed by atoms with Crippen LogP contribution in [0.5, 0.6) is 0 Å². The molecule has 2 aromatic rings. The van der Waals surface area contributed by atoms with Gasteiger partial charge in [-0.15, -0.1) is 0 Å². The standard InChI is InChI=1S/C16H17FO/c1-11-6-7-14(8-12(11)2)16(18)10-13-4-3-5-15(17)9-13/h3-9,16,18H,10H2,1-2H3. The Hall–Kier alpha value is -1.67. The summed E-state index contributed by atoms with van der Waals surface area (Å²) >= 11 is 0. The van der Waals surface area contributed by atoms with Gasteiger partial charge in [0, 0.05) is 6.42 Å². The monoisotopic (exact) mass is 244 g/mol. The van der Waals surface area contributed by atoms with Gasteiger partial charge in [0.15, 0.2) is 0 Å². The highest BCUT2D eigenvalue weighted by atomic mass is 19.1. The molecule has 1 N–H and O–H groups in total. The second kappa shape index (κ2) is 5.32. The molecule has 1 nitrogen and oxygen atoms in total. The Balaban J connectivity index is 2.16. The first-order valence-electron chi connectivity index (χ1n) is 6.06. The second-order valence-corrected chi connectivity index (χ2v) is 4.69. The fourth-order valence-corrected chi connectivity index (χ4v) is 1.98. The molecule has 0 heterocycles. The summed E-state index contributed by atoms with van der Waals surface area (Å²) in [5.74, 6) is -0.264. The Kier molecular flexibility index (Phi) is 3.78. The molecular weight excluding hydrogens is 227 g/mol. The van der Waals surface area contributed by atoms with Crippen molar-refractivity contribution in [1.29, 1.82) is 0 Å². The fraction of sp³-hybridized carbons (Fsp3) is 0.250. The maximum Gasteiger partial charge on any atom is 0.123 e. The van der Waals surface area contributed by atoms with E-state index in [1.165, 1.54) is 17.7 Å². The van der Waals surface area contributed by atoms with E-state index in [0.717, 1.165) is 16.7 Å². The molecular formula is C16H17FO. The first-order chi connectivity index (χ1) is 8.56. The van der Waals surface area contributed by atoms with Crippen LogP contribution in [0.4, 0.5) is 4.39 Å². The van der Waals surface area contributed by atoms with Crippen LogP contribution in [0.15, 0.2) is 42.5 Å². The minimum Gasteiger partial charge on any atom is -0.388 e. The van der Waals surface area contributed by atoms with Crippen molar-refractivity contribution in [2.45, 2.75) is 26.4 Å². The van der Waals surface area contributed by atoms with Gasteiger partial charge in [-0.05, 0) is 48.2 Å². The molecule has 1 unspecified atom stereocenters. The molecule has 0 aliphatic rings. The van der Waals surface area contributed by atoms with Gasteiger partial charge in [0.25, 0.3) is 0 Å². The van der Waals surface area contributed by atoms with Crippen LogP contribution < -0.4 is 0 Å². The van der Waals surface area contributed by atoms with E-state index < -0.39 is 6.10 Å². The van der Waals surface area contributed by atoms with Crippen molar-refractivity contribution in [3.8, 4) is 0 Å². The summed E-state index contributed by atoms with van der Waals surface area (Å²) in [7, 11) is 0. The Morgan fingerprint density at radius 3 is 2.50 bits per heavy atom. The van der Waals surface area contributed by atoms with Gasteiger partial charge in [0.2, 0.25) is 0 Å². The molecule has 0 spiro atoms. The summed E-state index contributed by atoms with van der Waals surface area (Å²) < 4.78 is 13.1. The number of aryl methyl sites for hydroxylation is 2. The van der Waals surface area contributed by atoms with E-state index in [1.54, 1.807) is 6.07 Å². The van der Waals surface area contributed by atoms with Crippen LogP contribution in [-0.2, 0) is 6.42 Å². The topological polar surface area (TPSA) is 20.2 Å². The highest BCUT2D eigenvalue weighted by Gasteiger charge is 2.09. The lowest BCUT2D eigenvalue weighted by Crippen LogP contribution is -2.02. The van der Waals surface area contributed by atoms with Gasteiger partial charge in [-0.1, -0.05) is 30.3 Å². The van der Waals surface area contributed by atoms with E-state index in [-0.39, 0.29) is 5.82 Å². The van der Waals surface area contributed by atoms with Crippen LogP contribution in [0.1, 0.15) is 28.4 Å². The number of aliphatic hydroxyl groups excluding tert-OH is 1. The molecule has 0 aliphatic heterocycles. The van der Waals surface area contributed by atoms with E-state index >= 15 is 0 Å². The van der Waals surface area contributed by atoms with Crippen LogP contribution in [0, 0.1) is 19.7 Å². The zero-order valence-electron chi connectivity index (χ0n) is 10.7. The van der Waals surface area contributed by atoms with E-state index in [4.69, 9.17) is 0 Å².